The molecule has 1 amide bonds. The molecule has 0 saturated carbocycles. The van der Waals surface area contributed by atoms with Gasteiger partial charge in [0, 0.05) is 30.2 Å². The van der Waals surface area contributed by atoms with E-state index >= 15 is 0 Å². The number of hydrogen-bond acceptors (Lipinski definition) is 2. The summed E-state index contributed by atoms with van der Waals surface area (Å²) in [4.78, 5) is 12.4. The number of nitrogens with one attached hydrogen (secondary N) is 1. The van der Waals surface area contributed by atoms with Crippen LogP contribution in [0, 0.1) is 0 Å². The third-order valence-electron chi connectivity index (χ3n) is 4.49. The molecule has 1 aromatic heterocycles. The van der Waals surface area contributed by atoms with Crippen molar-refractivity contribution in [3.63, 3.8) is 0 Å². The molecule has 1 heterocycles. The predicted molar refractivity (Wildman–Crippen MR) is 107 cm³/mol. The van der Waals surface area contributed by atoms with Gasteiger partial charge in [-0.1, -0.05) is 24.3 Å². The Kier molecular flexibility index (Phi) is 5.78. The molecule has 0 saturated heterocycles. The number of ether oxygens (including phenoxy) is 1. The van der Waals surface area contributed by atoms with Gasteiger partial charge in [0.15, 0.2) is 0 Å². The number of rotatable bonds is 7. The number of carbonyl (C=O) groups excluding carboxylic acids is 1. The molecule has 0 atom stereocenters. The van der Waals surface area contributed by atoms with Crippen LogP contribution in [0.3, 0.4) is 0 Å². The van der Waals surface area contributed by atoms with Crippen LogP contribution in [0.2, 0.25) is 0 Å². The fraction of sp³-hybridized carbons (Fsp3) is 0.227. The molecule has 3 rings (SSSR count). The topological polar surface area (TPSA) is 43.3 Å². The number of hydrogen-bond donors (Lipinski definition) is 1. The van der Waals surface area contributed by atoms with Gasteiger partial charge in [-0.3, -0.25) is 4.79 Å². The Labute approximate surface area is 162 Å². The number of methoxy groups -OCH3 is 1. The highest BCUT2D eigenvalue weighted by molar-refractivity contribution is 5.92. The van der Waals surface area contributed by atoms with Crippen LogP contribution < -0.4 is 10.1 Å². The largest absolute Gasteiger partial charge is 0.495 e. The normalized spacial score (nSPS) is 11.9. The second-order valence-electron chi connectivity index (χ2n) is 6.40. The molecule has 0 spiro atoms. The van der Waals surface area contributed by atoms with Gasteiger partial charge in [-0.25, -0.2) is 0 Å². The quantitative estimate of drug-likeness (QED) is 0.558. The Bertz CT molecular complexity index is 1010. The van der Waals surface area contributed by atoms with Gasteiger partial charge < -0.3 is 14.6 Å². The van der Waals surface area contributed by atoms with Gasteiger partial charge in [-0.05, 0) is 48.7 Å². The number of nitrogens with zero attached hydrogens (tertiary/aromatic N) is 1. The van der Waals surface area contributed by atoms with Crippen LogP contribution in [-0.2, 0) is 17.3 Å². The smallest absolute Gasteiger partial charge is 0.291 e. The first-order valence-electron chi connectivity index (χ1n) is 8.98. The third kappa shape index (κ3) is 4.22. The zero-order valence-corrected chi connectivity index (χ0v) is 15.8. The minimum atomic E-state index is -3.12. The van der Waals surface area contributed by atoms with Gasteiger partial charge >= 0.3 is 0 Å². The number of carbonyl (C=O) groups is 1. The first kappa shape index (κ1) is 19.6. The Hall–Kier alpha value is -3.15. The number of halogens is 2. The molecule has 0 fully saturated rings. The Balaban J connectivity index is 1.74. The number of aryl methyl sites for hydroxylation is 1. The van der Waals surface area contributed by atoms with Gasteiger partial charge in [-0.2, -0.15) is 8.78 Å². The first-order valence-corrected chi connectivity index (χ1v) is 8.98. The number of para-hydroxylation sites is 1. The van der Waals surface area contributed by atoms with Crippen molar-refractivity contribution in [2.24, 2.45) is 0 Å². The van der Waals surface area contributed by atoms with E-state index in [2.05, 4.69) is 5.32 Å². The van der Waals surface area contributed by atoms with Gasteiger partial charge in [0.05, 0.1) is 12.8 Å². The lowest BCUT2D eigenvalue weighted by Crippen LogP contribution is -2.16. The first-order chi connectivity index (χ1) is 13.4. The molecule has 0 aliphatic carbocycles. The molecule has 6 heteroatoms. The third-order valence-corrected chi connectivity index (χ3v) is 4.49. The van der Waals surface area contributed by atoms with Gasteiger partial charge in [0.2, 0.25) is 5.91 Å². The van der Waals surface area contributed by atoms with Gasteiger partial charge in [-0.15, -0.1) is 0 Å². The minimum absolute atomic E-state index is 0.206. The summed E-state index contributed by atoms with van der Waals surface area (Å²) in [6.07, 6.45) is 4.25. The van der Waals surface area contributed by atoms with Crippen LogP contribution in [0.4, 0.5) is 14.5 Å². The van der Waals surface area contributed by atoms with E-state index in [0.29, 0.717) is 12.3 Å². The summed E-state index contributed by atoms with van der Waals surface area (Å²) in [7, 11) is 1.43. The summed E-state index contributed by atoms with van der Waals surface area (Å²) in [5.74, 6) is -3.06. The zero-order chi connectivity index (χ0) is 20.1. The van der Waals surface area contributed by atoms with E-state index in [-0.39, 0.29) is 23.6 Å². The Morgan fingerprint density at radius 2 is 2.00 bits per heavy atom. The van der Waals surface area contributed by atoms with Crippen molar-refractivity contribution < 1.29 is 18.3 Å². The van der Waals surface area contributed by atoms with Crippen molar-refractivity contribution in [3.05, 3.63) is 72.4 Å². The maximum atomic E-state index is 14.1. The standard InChI is InChI=1S/C22H22F2N2O2/c1-3-12-22(23,24)17-8-9-20(28-2)18(15-17)25-21(27)11-14-26-13-10-16-6-4-5-7-19(16)26/h3-10,12-13,15H,11,14H2,1-2H3,(H,25,27). The Morgan fingerprint density at radius 1 is 1.21 bits per heavy atom. The highest BCUT2D eigenvalue weighted by Crippen LogP contribution is 2.35. The number of anilines is 1. The van der Waals surface area contributed by atoms with E-state index in [0.717, 1.165) is 17.0 Å². The zero-order valence-electron chi connectivity index (χ0n) is 15.8. The molecule has 0 bridgehead atoms. The van der Waals surface area contributed by atoms with Crippen molar-refractivity contribution in [2.75, 3.05) is 12.4 Å². The van der Waals surface area contributed by atoms with Crippen molar-refractivity contribution in [2.45, 2.75) is 25.8 Å². The summed E-state index contributed by atoms with van der Waals surface area (Å²) in [5.41, 5.74) is 1.06. The molecule has 3 aromatic rings. The number of aromatic nitrogens is 1. The molecule has 0 aliphatic rings. The lowest BCUT2D eigenvalue weighted by molar-refractivity contribution is -0.116. The van der Waals surface area contributed by atoms with E-state index < -0.39 is 5.92 Å². The molecule has 0 unspecified atom stereocenters. The number of amides is 1. The summed E-state index contributed by atoms with van der Waals surface area (Å²) < 4.78 is 35.5. The highest BCUT2D eigenvalue weighted by atomic mass is 19.3. The number of fused-ring (bicyclic) bond motifs is 1. The van der Waals surface area contributed by atoms with Crippen LogP contribution in [0.1, 0.15) is 18.9 Å². The van der Waals surface area contributed by atoms with Crippen molar-refractivity contribution in [1.82, 2.24) is 4.57 Å². The lowest BCUT2D eigenvalue weighted by Gasteiger charge is -2.16. The maximum Gasteiger partial charge on any atom is 0.291 e. The summed E-state index contributed by atoms with van der Waals surface area (Å²) in [5, 5.41) is 3.79. The average molecular weight is 384 g/mol. The molecule has 4 nitrogen and oxygen atoms in total. The van der Waals surface area contributed by atoms with Crippen LogP contribution in [0.25, 0.3) is 10.9 Å². The number of alkyl halides is 2. The highest BCUT2D eigenvalue weighted by Gasteiger charge is 2.28. The molecule has 2 aromatic carbocycles. The lowest BCUT2D eigenvalue weighted by atomic mass is 10.1. The average Bonchev–Trinajstić information content (AvgIpc) is 3.09. The van der Waals surface area contributed by atoms with Crippen molar-refractivity contribution >= 4 is 22.5 Å². The van der Waals surface area contributed by atoms with Crippen LogP contribution in [0.5, 0.6) is 5.75 Å². The van der Waals surface area contributed by atoms with E-state index in [1.54, 1.807) is 0 Å². The maximum absolute atomic E-state index is 14.1. The SMILES string of the molecule is CC=CC(F)(F)c1ccc(OC)c(NC(=O)CCn2ccc3ccccc32)c1. The van der Waals surface area contributed by atoms with Crippen LogP contribution in [-0.4, -0.2) is 17.6 Å². The molecule has 146 valence electrons. The van der Waals surface area contributed by atoms with Gasteiger partial charge in [0.25, 0.3) is 5.92 Å². The summed E-state index contributed by atoms with van der Waals surface area (Å²) >= 11 is 0. The number of allylic oxidation sites excluding steroid dienone is 2. The van der Waals surface area contributed by atoms with E-state index in [1.165, 1.54) is 38.3 Å². The van der Waals surface area contributed by atoms with Gasteiger partial charge in [0.1, 0.15) is 5.75 Å². The molecular formula is C22H22F2N2O2. The van der Waals surface area contributed by atoms with Crippen molar-refractivity contribution in [3.8, 4) is 5.75 Å². The second kappa shape index (κ2) is 8.25. The van der Waals surface area contributed by atoms with E-state index in [4.69, 9.17) is 4.74 Å². The van der Waals surface area contributed by atoms with E-state index in [1.807, 2.05) is 41.1 Å². The second-order valence-corrected chi connectivity index (χ2v) is 6.40. The fourth-order valence-corrected chi connectivity index (χ4v) is 3.09. The van der Waals surface area contributed by atoms with Crippen LogP contribution >= 0.6 is 0 Å². The fourth-order valence-electron chi connectivity index (χ4n) is 3.09. The molecule has 28 heavy (non-hydrogen) atoms. The molecule has 0 radical (unpaired) electrons. The van der Waals surface area contributed by atoms with Crippen molar-refractivity contribution in [1.29, 1.82) is 0 Å². The monoisotopic (exact) mass is 384 g/mol. The Morgan fingerprint density at radius 3 is 2.75 bits per heavy atom. The molecular weight excluding hydrogens is 362 g/mol. The molecule has 0 aliphatic heterocycles. The summed E-state index contributed by atoms with van der Waals surface area (Å²) in [6, 6.07) is 13.9. The van der Waals surface area contributed by atoms with E-state index in [9.17, 15) is 13.6 Å². The van der Waals surface area contributed by atoms with Crippen LogP contribution in [0.15, 0.2) is 66.9 Å². The number of benzene rings is 2. The molecule has 1 N–H and O–H groups in total. The predicted octanol–water partition coefficient (Wildman–Crippen LogP) is 5.35. The summed E-state index contributed by atoms with van der Waals surface area (Å²) in [6.45, 7) is 2.02. The minimum Gasteiger partial charge on any atom is -0.495 e.